The first-order valence-electron chi connectivity index (χ1n) is 10.6. The van der Waals surface area contributed by atoms with E-state index < -0.39 is 5.60 Å². The Balaban J connectivity index is 0.000000468. The van der Waals surface area contributed by atoms with Crippen LogP contribution in [0.5, 0.6) is 0 Å². The lowest BCUT2D eigenvalue weighted by Gasteiger charge is -2.21. The molecule has 0 bridgehead atoms. The molecule has 0 saturated carbocycles. The lowest BCUT2D eigenvalue weighted by molar-refractivity contribution is -0.154. The fourth-order valence-electron chi connectivity index (χ4n) is 2.57. The molecule has 3 heterocycles. The number of thioether (sulfide) groups is 1. The van der Waals surface area contributed by atoms with Gasteiger partial charge in [0.15, 0.2) is 10.3 Å². The third kappa shape index (κ3) is 11.6. The second-order valence-corrected chi connectivity index (χ2v) is 10.7. The molecule has 1 fully saturated rings. The standard InChI is InChI=1S/C16H18ClN5O2S2.C5H12N2/c1-16(2,3)24-13(23)5-4-6-25-15-20-11(17)7-12(22-15)21-14-19-9-10(8-18)26-14;1-7-4-2-6-3-5-7/h7,9H,4-6H2,1-3H3,(H,19,20,21,22);6H,2-5H2,1H3. The molecule has 2 N–H and O–H groups in total. The highest BCUT2D eigenvalue weighted by molar-refractivity contribution is 7.99. The molecule has 0 unspecified atom stereocenters. The maximum Gasteiger partial charge on any atom is 0.306 e. The minimum atomic E-state index is -0.470. The van der Waals surface area contributed by atoms with Crippen LogP contribution in [0, 0.1) is 11.3 Å². The Morgan fingerprint density at radius 2 is 2.12 bits per heavy atom. The third-order valence-electron chi connectivity index (χ3n) is 4.04. The van der Waals surface area contributed by atoms with Crippen molar-refractivity contribution in [2.24, 2.45) is 0 Å². The second-order valence-electron chi connectivity index (χ2n) is 8.22. The summed E-state index contributed by atoms with van der Waals surface area (Å²) >= 11 is 8.67. The van der Waals surface area contributed by atoms with E-state index in [4.69, 9.17) is 21.6 Å². The van der Waals surface area contributed by atoms with Crippen LogP contribution >= 0.6 is 34.7 Å². The van der Waals surface area contributed by atoms with E-state index in [1.54, 1.807) is 6.07 Å². The molecule has 0 spiro atoms. The van der Waals surface area contributed by atoms with Crippen molar-refractivity contribution < 1.29 is 9.53 Å². The molecule has 0 amide bonds. The highest BCUT2D eigenvalue weighted by atomic mass is 35.5. The molecule has 0 aromatic carbocycles. The normalized spacial score (nSPS) is 14.1. The van der Waals surface area contributed by atoms with Gasteiger partial charge in [-0.3, -0.25) is 4.79 Å². The van der Waals surface area contributed by atoms with Crippen LogP contribution in [0.15, 0.2) is 17.4 Å². The van der Waals surface area contributed by atoms with Crippen LogP contribution < -0.4 is 10.6 Å². The lowest BCUT2D eigenvalue weighted by Crippen LogP contribution is -2.40. The highest BCUT2D eigenvalue weighted by Gasteiger charge is 2.16. The van der Waals surface area contributed by atoms with E-state index in [2.05, 4.69) is 37.5 Å². The monoisotopic (exact) mass is 511 g/mol. The first-order valence-corrected chi connectivity index (χ1v) is 12.7. The second kappa shape index (κ2) is 13.7. The van der Waals surface area contributed by atoms with Crippen LogP contribution in [-0.4, -0.2) is 70.4 Å². The summed E-state index contributed by atoms with van der Waals surface area (Å²) in [4.78, 5) is 27.1. The van der Waals surface area contributed by atoms with Crippen molar-refractivity contribution >= 4 is 51.6 Å². The number of anilines is 2. The van der Waals surface area contributed by atoms with E-state index in [0.29, 0.717) is 44.7 Å². The number of ether oxygens (including phenoxy) is 1. The molecule has 0 atom stereocenters. The largest absolute Gasteiger partial charge is 0.460 e. The van der Waals surface area contributed by atoms with Crippen molar-refractivity contribution in [3.63, 3.8) is 0 Å². The molecular weight excluding hydrogens is 482 g/mol. The molecule has 1 aliphatic rings. The first kappa shape index (κ1) is 27.3. The van der Waals surface area contributed by atoms with E-state index in [1.807, 2.05) is 26.8 Å². The summed E-state index contributed by atoms with van der Waals surface area (Å²) in [5.74, 6) is 0.942. The Morgan fingerprint density at radius 3 is 2.70 bits per heavy atom. The van der Waals surface area contributed by atoms with Crippen molar-refractivity contribution in [3.8, 4) is 6.07 Å². The highest BCUT2D eigenvalue weighted by Crippen LogP contribution is 2.25. The summed E-state index contributed by atoms with van der Waals surface area (Å²) in [5.41, 5.74) is -0.470. The van der Waals surface area contributed by atoms with E-state index in [-0.39, 0.29) is 5.97 Å². The number of aromatic nitrogens is 3. The van der Waals surface area contributed by atoms with Crippen molar-refractivity contribution in [1.82, 2.24) is 25.2 Å². The molecule has 33 heavy (non-hydrogen) atoms. The number of piperazine rings is 1. The van der Waals surface area contributed by atoms with Crippen molar-refractivity contribution in [2.75, 3.05) is 44.3 Å². The summed E-state index contributed by atoms with van der Waals surface area (Å²) in [6, 6.07) is 3.61. The van der Waals surface area contributed by atoms with Gasteiger partial charge in [-0.25, -0.2) is 15.0 Å². The third-order valence-corrected chi connectivity index (χ3v) is 5.99. The molecule has 12 heteroatoms. The van der Waals surface area contributed by atoms with Gasteiger partial charge in [-0.15, -0.1) is 0 Å². The number of nitrogens with one attached hydrogen (secondary N) is 2. The minimum Gasteiger partial charge on any atom is -0.460 e. The minimum absolute atomic E-state index is 0.218. The van der Waals surface area contributed by atoms with Gasteiger partial charge in [0.05, 0.1) is 6.20 Å². The Kier molecular flexibility index (Phi) is 11.3. The number of nitrogens with zero attached hydrogens (tertiary/aromatic N) is 5. The predicted octanol–water partition coefficient (Wildman–Crippen LogP) is 3.94. The number of nitriles is 1. The molecule has 9 nitrogen and oxygen atoms in total. The zero-order chi connectivity index (χ0) is 24.3. The SMILES string of the molecule is CC(C)(C)OC(=O)CCCSc1nc(Cl)cc(Nc2ncc(C#N)s2)n1.CN1CCNCC1. The number of esters is 1. The van der Waals surface area contributed by atoms with Gasteiger partial charge in [0.2, 0.25) is 0 Å². The van der Waals surface area contributed by atoms with Crippen LogP contribution in [0.4, 0.5) is 10.9 Å². The van der Waals surface area contributed by atoms with Crippen LogP contribution in [-0.2, 0) is 9.53 Å². The van der Waals surface area contributed by atoms with Gasteiger partial charge in [-0.05, 0) is 34.2 Å². The molecule has 3 rings (SSSR count). The quantitative estimate of drug-likeness (QED) is 0.186. The molecule has 0 aliphatic carbocycles. The summed E-state index contributed by atoms with van der Waals surface area (Å²) < 4.78 is 5.27. The van der Waals surface area contributed by atoms with Gasteiger partial charge in [0, 0.05) is 44.4 Å². The van der Waals surface area contributed by atoms with Crippen LogP contribution in [0.1, 0.15) is 38.5 Å². The summed E-state index contributed by atoms with van der Waals surface area (Å²) in [5, 5.41) is 16.5. The molecule has 1 aliphatic heterocycles. The van der Waals surface area contributed by atoms with Crippen molar-refractivity contribution in [2.45, 2.75) is 44.4 Å². The number of rotatable bonds is 7. The maximum absolute atomic E-state index is 11.7. The molecule has 0 radical (unpaired) electrons. The Morgan fingerprint density at radius 1 is 1.39 bits per heavy atom. The maximum atomic E-state index is 11.7. The Hall–Kier alpha value is -1.97. The fraction of sp³-hybridized carbons (Fsp3) is 0.571. The van der Waals surface area contributed by atoms with E-state index in [9.17, 15) is 4.79 Å². The summed E-state index contributed by atoms with van der Waals surface area (Å²) in [6.07, 6.45) is 2.48. The summed E-state index contributed by atoms with van der Waals surface area (Å²) in [6.45, 7) is 10.3. The number of halogens is 1. The lowest BCUT2D eigenvalue weighted by atomic mass is 10.2. The van der Waals surface area contributed by atoms with Crippen molar-refractivity contribution in [1.29, 1.82) is 5.26 Å². The predicted molar refractivity (Wildman–Crippen MR) is 133 cm³/mol. The summed E-state index contributed by atoms with van der Waals surface area (Å²) in [7, 11) is 2.15. The van der Waals surface area contributed by atoms with E-state index in [1.165, 1.54) is 42.4 Å². The Bertz CT molecular complexity index is 937. The fourth-order valence-corrected chi connectivity index (χ4v) is 4.22. The number of carbonyl (C=O) groups is 1. The topological polar surface area (TPSA) is 116 Å². The van der Waals surface area contributed by atoms with Crippen molar-refractivity contribution in [3.05, 3.63) is 22.3 Å². The number of hydrogen-bond acceptors (Lipinski definition) is 11. The first-order chi connectivity index (χ1) is 15.6. The Labute approximate surface area is 208 Å². The molecular formula is C21H30ClN7O2S2. The number of carbonyl (C=O) groups excluding carboxylic acids is 1. The van der Waals surface area contributed by atoms with E-state index in [0.717, 1.165) is 13.1 Å². The number of thiazole rings is 1. The number of hydrogen-bond donors (Lipinski definition) is 2. The molecule has 180 valence electrons. The van der Waals surface area contributed by atoms with Gasteiger partial charge in [0.25, 0.3) is 0 Å². The van der Waals surface area contributed by atoms with Gasteiger partial charge in [-0.1, -0.05) is 34.7 Å². The van der Waals surface area contributed by atoms with Gasteiger partial charge in [-0.2, -0.15) is 5.26 Å². The van der Waals surface area contributed by atoms with Gasteiger partial charge in [0.1, 0.15) is 27.5 Å². The number of likely N-dealkylation sites (N-methyl/N-ethyl adjacent to an activating group) is 1. The smallest absolute Gasteiger partial charge is 0.306 e. The van der Waals surface area contributed by atoms with Crippen LogP contribution in [0.25, 0.3) is 0 Å². The van der Waals surface area contributed by atoms with Gasteiger partial charge >= 0.3 is 5.97 Å². The van der Waals surface area contributed by atoms with Gasteiger partial charge < -0.3 is 20.3 Å². The van der Waals surface area contributed by atoms with Crippen LogP contribution in [0.3, 0.4) is 0 Å². The molecule has 2 aromatic heterocycles. The molecule has 1 saturated heterocycles. The average Bonchev–Trinajstić information content (AvgIpc) is 3.18. The zero-order valence-corrected chi connectivity index (χ0v) is 21.7. The molecule has 2 aromatic rings. The van der Waals surface area contributed by atoms with E-state index >= 15 is 0 Å². The zero-order valence-electron chi connectivity index (χ0n) is 19.4. The van der Waals surface area contributed by atoms with Crippen LogP contribution in [0.2, 0.25) is 5.15 Å². The average molecular weight is 512 g/mol.